The van der Waals surface area contributed by atoms with Gasteiger partial charge in [-0.1, -0.05) is 12.1 Å². The van der Waals surface area contributed by atoms with Gasteiger partial charge in [0.15, 0.2) is 0 Å². The summed E-state index contributed by atoms with van der Waals surface area (Å²) in [5.74, 6) is 0. The van der Waals surface area contributed by atoms with Crippen molar-refractivity contribution in [2.24, 2.45) is 0 Å². The molecule has 96 valence electrons. The van der Waals surface area contributed by atoms with Gasteiger partial charge in [-0.25, -0.2) is 5.01 Å². The molecule has 4 nitrogen and oxygen atoms in total. The van der Waals surface area contributed by atoms with Crippen molar-refractivity contribution < 1.29 is 0 Å². The normalized spacial score (nSPS) is 18.5. The largest absolute Gasteiger partial charge is 0.361 e. The van der Waals surface area contributed by atoms with Crippen LogP contribution in [0.1, 0.15) is 5.56 Å². The van der Waals surface area contributed by atoms with Crippen molar-refractivity contribution in [2.45, 2.75) is 6.54 Å². The van der Waals surface area contributed by atoms with Gasteiger partial charge in [0.25, 0.3) is 0 Å². The predicted molar refractivity (Wildman–Crippen MR) is 74.2 cm³/mol. The number of H-pyrrole nitrogens is 1. The van der Waals surface area contributed by atoms with E-state index >= 15 is 0 Å². The van der Waals surface area contributed by atoms with Crippen LogP contribution in [-0.2, 0) is 6.54 Å². The molecule has 1 aromatic heterocycles. The molecular formula is C14H20N4. The third-order valence-corrected chi connectivity index (χ3v) is 3.68. The molecule has 0 amide bonds. The first kappa shape index (κ1) is 11.7. The number of hydrazine groups is 1. The Bertz CT molecular complexity index is 511. The molecule has 0 radical (unpaired) electrons. The Labute approximate surface area is 108 Å². The summed E-state index contributed by atoms with van der Waals surface area (Å²) in [6.07, 6.45) is 2.00. The van der Waals surface area contributed by atoms with E-state index in [9.17, 15) is 0 Å². The van der Waals surface area contributed by atoms with E-state index in [2.05, 4.69) is 51.6 Å². The van der Waals surface area contributed by atoms with E-state index < -0.39 is 0 Å². The lowest BCUT2D eigenvalue weighted by molar-refractivity contribution is 0.102. The van der Waals surface area contributed by atoms with Crippen molar-refractivity contribution in [3.05, 3.63) is 36.0 Å². The molecule has 0 unspecified atom stereocenters. The molecular weight excluding hydrogens is 224 g/mol. The van der Waals surface area contributed by atoms with Crippen molar-refractivity contribution in [1.82, 2.24) is 20.3 Å². The average Bonchev–Trinajstić information content (AvgIpc) is 2.87. The Balaban J connectivity index is 1.64. The van der Waals surface area contributed by atoms with Crippen molar-refractivity contribution in [3.8, 4) is 0 Å². The van der Waals surface area contributed by atoms with Gasteiger partial charge in [0.2, 0.25) is 0 Å². The fourth-order valence-electron chi connectivity index (χ4n) is 2.47. The fraction of sp³-hybridized carbons (Fsp3) is 0.429. The summed E-state index contributed by atoms with van der Waals surface area (Å²) < 4.78 is 0. The maximum atomic E-state index is 3.53. The maximum Gasteiger partial charge on any atom is 0.0457 e. The zero-order chi connectivity index (χ0) is 12.4. The summed E-state index contributed by atoms with van der Waals surface area (Å²) in [7, 11) is 2.18. The van der Waals surface area contributed by atoms with Crippen LogP contribution in [0.2, 0.25) is 0 Å². The van der Waals surface area contributed by atoms with Gasteiger partial charge in [-0.3, -0.25) is 5.43 Å². The number of hydrogen-bond donors (Lipinski definition) is 2. The van der Waals surface area contributed by atoms with E-state index in [0.29, 0.717) is 0 Å². The van der Waals surface area contributed by atoms with Crippen LogP contribution >= 0.6 is 0 Å². The molecule has 1 saturated heterocycles. The highest BCUT2D eigenvalue weighted by Gasteiger charge is 2.13. The molecule has 1 aliphatic rings. The number of piperazine rings is 1. The van der Waals surface area contributed by atoms with Gasteiger partial charge in [0, 0.05) is 49.8 Å². The first-order chi connectivity index (χ1) is 8.83. The molecule has 0 saturated carbocycles. The number of nitrogens with one attached hydrogen (secondary N) is 2. The van der Waals surface area contributed by atoms with Crippen molar-refractivity contribution in [2.75, 3.05) is 33.2 Å². The van der Waals surface area contributed by atoms with E-state index in [1.54, 1.807) is 0 Å². The van der Waals surface area contributed by atoms with Crippen LogP contribution in [0, 0.1) is 0 Å². The molecule has 1 aliphatic heterocycles. The van der Waals surface area contributed by atoms with Crippen molar-refractivity contribution in [3.63, 3.8) is 0 Å². The number of aromatic amines is 1. The second kappa shape index (κ2) is 5.10. The summed E-state index contributed by atoms with van der Waals surface area (Å²) in [5.41, 5.74) is 6.10. The van der Waals surface area contributed by atoms with Gasteiger partial charge >= 0.3 is 0 Å². The van der Waals surface area contributed by atoms with E-state index in [1.165, 1.54) is 16.5 Å². The van der Waals surface area contributed by atoms with Crippen molar-refractivity contribution >= 4 is 10.9 Å². The van der Waals surface area contributed by atoms with Crippen LogP contribution < -0.4 is 5.43 Å². The topological polar surface area (TPSA) is 34.3 Å². The van der Waals surface area contributed by atoms with Gasteiger partial charge in [0.1, 0.15) is 0 Å². The Kier molecular flexibility index (Phi) is 3.32. The minimum absolute atomic E-state index is 0.902. The summed E-state index contributed by atoms with van der Waals surface area (Å²) in [4.78, 5) is 5.62. The fourth-order valence-corrected chi connectivity index (χ4v) is 2.47. The Morgan fingerprint density at radius 2 is 2.00 bits per heavy atom. The Morgan fingerprint density at radius 1 is 1.17 bits per heavy atom. The summed E-state index contributed by atoms with van der Waals surface area (Å²) in [6, 6.07) is 8.57. The zero-order valence-corrected chi connectivity index (χ0v) is 10.8. The quantitative estimate of drug-likeness (QED) is 0.857. The number of fused-ring (bicyclic) bond motifs is 1. The summed E-state index contributed by atoms with van der Waals surface area (Å²) >= 11 is 0. The van der Waals surface area contributed by atoms with Crippen LogP contribution in [0.15, 0.2) is 30.5 Å². The van der Waals surface area contributed by atoms with Gasteiger partial charge in [-0.2, -0.15) is 0 Å². The van der Waals surface area contributed by atoms with Gasteiger partial charge in [0.05, 0.1) is 0 Å². The molecule has 4 heteroatoms. The molecule has 2 heterocycles. The average molecular weight is 244 g/mol. The SMILES string of the molecule is CN1CCN(NCc2cccc3[nH]ccc23)CC1. The molecule has 3 rings (SSSR count). The molecule has 0 aliphatic carbocycles. The molecule has 1 aromatic carbocycles. The van der Waals surface area contributed by atoms with Crippen LogP contribution in [0.5, 0.6) is 0 Å². The lowest BCUT2D eigenvalue weighted by Crippen LogP contribution is -2.50. The first-order valence-corrected chi connectivity index (χ1v) is 6.55. The standard InChI is InChI=1S/C14H20N4/c1-17-7-9-18(10-8-17)16-11-12-3-2-4-14-13(12)5-6-15-14/h2-6,15-16H,7-11H2,1H3. The monoisotopic (exact) mass is 244 g/mol. The highest BCUT2D eigenvalue weighted by atomic mass is 15.5. The number of hydrogen-bond acceptors (Lipinski definition) is 3. The third kappa shape index (κ3) is 2.41. The molecule has 2 aromatic rings. The number of aromatic nitrogens is 1. The lowest BCUT2D eigenvalue weighted by atomic mass is 10.1. The highest BCUT2D eigenvalue weighted by molar-refractivity contribution is 5.82. The van der Waals surface area contributed by atoms with Crippen LogP contribution in [0.25, 0.3) is 10.9 Å². The van der Waals surface area contributed by atoms with Crippen LogP contribution in [0.4, 0.5) is 0 Å². The van der Waals surface area contributed by atoms with E-state index in [0.717, 1.165) is 32.7 Å². The summed E-state index contributed by atoms with van der Waals surface area (Å²) in [5, 5.41) is 3.64. The molecule has 18 heavy (non-hydrogen) atoms. The zero-order valence-electron chi connectivity index (χ0n) is 10.8. The van der Waals surface area contributed by atoms with E-state index in [4.69, 9.17) is 0 Å². The highest BCUT2D eigenvalue weighted by Crippen LogP contribution is 2.17. The van der Waals surface area contributed by atoms with Gasteiger partial charge in [-0.05, 0) is 24.7 Å². The lowest BCUT2D eigenvalue weighted by Gasteiger charge is -2.32. The minimum Gasteiger partial charge on any atom is -0.361 e. The first-order valence-electron chi connectivity index (χ1n) is 6.55. The number of likely N-dealkylation sites (N-methyl/N-ethyl adjacent to an activating group) is 1. The molecule has 1 fully saturated rings. The molecule has 2 N–H and O–H groups in total. The summed E-state index contributed by atoms with van der Waals surface area (Å²) in [6.45, 7) is 5.38. The van der Waals surface area contributed by atoms with Crippen LogP contribution in [-0.4, -0.2) is 48.1 Å². The molecule has 0 bridgehead atoms. The van der Waals surface area contributed by atoms with Gasteiger partial charge in [-0.15, -0.1) is 0 Å². The van der Waals surface area contributed by atoms with E-state index in [-0.39, 0.29) is 0 Å². The molecule has 0 atom stereocenters. The molecule has 0 spiro atoms. The second-order valence-corrected chi connectivity index (χ2v) is 4.98. The Hall–Kier alpha value is -1.36. The van der Waals surface area contributed by atoms with E-state index in [1.807, 2.05) is 6.20 Å². The number of rotatable bonds is 3. The second-order valence-electron chi connectivity index (χ2n) is 4.98. The number of nitrogens with zero attached hydrogens (tertiary/aromatic N) is 2. The van der Waals surface area contributed by atoms with Crippen LogP contribution in [0.3, 0.4) is 0 Å². The maximum absolute atomic E-state index is 3.53. The minimum atomic E-state index is 0.902. The van der Waals surface area contributed by atoms with Gasteiger partial charge < -0.3 is 9.88 Å². The Morgan fingerprint density at radius 3 is 2.83 bits per heavy atom. The smallest absolute Gasteiger partial charge is 0.0457 e. The third-order valence-electron chi connectivity index (χ3n) is 3.68. The predicted octanol–water partition coefficient (Wildman–Crippen LogP) is 1.42. The van der Waals surface area contributed by atoms with Crippen molar-refractivity contribution in [1.29, 1.82) is 0 Å². The number of benzene rings is 1.